The van der Waals surface area contributed by atoms with Gasteiger partial charge in [-0.05, 0) is 18.1 Å². The summed E-state index contributed by atoms with van der Waals surface area (Å²) in [6.45, 7) is 0. The molecule has 0 amide bonds. The summed E-state index contributed by atoms with van der Waals surface area (Å²) in [5.41, 5.74) is -0.422. The van der Waals surface area contributed by atoms with Gasteiger partial charge in [-0.2, -0.15) is 13.2 Å². The molecule has 0 spiro atoms. The van der Waals surface area contributed by atoms with Gasteiger partial charge in [0.25, 0.3) is 0 Å². The Morgan fingerprint density at radius 3 is 2.65 bits per heavy atom. The van der Waals surface area contributed by atoms with Crippen LogP contribution in [0, 0.1) is 0 Å². The number of esters is 1. The lowest BCUT2D eigenvalue weighted by Gasteiger charge is -2.10. The average Bonchev–Trinajstić information content (AvgIpc) is 2.27. The molecule has 0 N–H and O–H groups in total. The molecule has 0 heterocycles. The van der Waals surface area contributed by atoms with Crippen molar-refractivity contribution in [3.8, 4) is 0 Å². The van der Waals surface area contributed by atoms with Gasteiger partial charge in [-0.3, -0.25) is 4.79 Å². The molecule has 0 radical (unpaired) electrons. The minimum atomic E-state index is -4.40. The maximum Gasteiger partial charge on any atom is 0.416 e. The van der Waals surface area contributed by atoms with E-state index in [-0.39, 0.29) is 6.42 Å². The molecule has 1 atom stereocenters. The van der Waals surface area contributed by atoms with E-state index in [0.29, 0.717) is 5.56 Å². The van der Waals surface area contributed by atoms with Crippen LogP contribution in [0.15, 0.2) is 24.3 Å². The lowest BCUT2D eigenvalue weighted by atomic mass is 10.1. The predicted octanol–water partition coefficient (Wildman–Crippen LogP) is 3.03. The molecule has 0 aliphatic rings. The Kier molecular flexibility index (Phi) is 4.40. The second-order valence-electron chi connectivity index (χ2n) is 3.39. The van der Waals surface area contributed by atoms with E-state index in [1.165, 1.54) is 19.2 Å². The molecular weight excluding hydrogens is 257 g/mol. The van der Waals surface area contributed by atoms with Gasteiger partial charge in [0.1, 0.15) is 5.38 Å². The molecule has 1 rings (SSSR count). The molecule has 17 heavy (non-hydrogen) atoms. The van der Waals surface area contributed by atoms with E-state index in [2.05, 4.69) is 4.74 Å². The standard InChI is InChI=1S/C11H10ClF3O2/c1-17-10(16)9(12)6-7-3-2-4-8(5-7)11(13,14)15/h2-5,9H,6H2,1H3. The van der Waals surface area contributed by atoms with Crippen molar-refractivity contribution in [3.63, 3.8) is 0 Å². The van der Waals surface area contributed by atoms with Crippen LogP contribution in [0.4, 0.5) is 13.2 Å². The lowest BCUT2D eigenvalue weighted by molar-refractivity contribution is -0.140. The lowest BCUT2D eigenvalue weighted by Crippen LogP contribution is -2.18. The van der Waals surface area contributed by atoms with Crippen LogP contribution in [-0.4, -0.2) is 18.5 Å². The summed E-state index contributed by atoms with van der Waals surface area (Å²) >= 11 is 5.68. The highest BCUT2D eigenvalue weighted by atomic mass is 35.5. The molecule has 0 aliphatic carbocycles. The summed E-state index contributed by atoms with van der Waals surface area (Å²) in [5, 5.41) is -0.983. The van der Waals surface area contributed by atoms with Gasteiger partial charge in [-0.25, -0.2) is 0 Å². The van der Waals surface area contributed by atoms with Crippen molar-refractivity contribution in [1.82, 2.24) is 0 Å². The largest absolute Gasteiger partial charge is 0.468 e. The molecule has 2 nitrogen and oxygen atoms in total. The fourth-order valence-electron chi connectivity index (χ4n) is 1.29. The average molecular weight is 267 g/mol. The maximum atomic E-state index is 12.4. The SMILES string of the molecule is COC(=O)C(Cl)Cc1cccc(C(F)(F)F)c1. The molecule has 0 fully saturated rings. The van der Waals surface area contributed by atoms with Crippen molar-refractivity contribution >= 4 is 17.6 Å². The van der Waals surface area contributed by atoms with Crippen LogP contribution in [0.2, 0.25) is 0 Å². The van der Waals surface area contributed by atoms with E-state index in [1.54, 1.807) is 0 Å². The topological polar surface area (TPSA) is 26.3 Å². The zero-order chi connectivity index (χ0) is 13.1. The van der Waals surface area contributed by atoms with Gasteiger partial charge in [0, 0.05) is 0 Å². The van der Waals surface area contributed by atoms with E-state index >= 15 is 0 Å². The van der Waals surface area contributed by atoms with Gasteiger partial charge >= 0.3 is 12.1 Å². The van der Waals surface area contributed by atoms with Crippen LogP contribution in [0.5, 0.6) is 0 Å². The normalized spacial score (nSPS) is 13.2. The molecule has 1 unspecified atom stereocenters. The van der Waals surface area contributed by atoms with Crippen molar-refractivity contribution < 1.29 is 22.7 Å². The van der Waals surface area contributed by atoms with Crippen LogP contribution in [0.25, 0.3) is 0 Å². The number of alkyl halides is 4. The van der Waals surface area contributed by atoms with Crippen LogP contribution in [-0.2, 0) is 22.1 Å². The molecule has 0 bridgehead atoms. The van der Waals surface area contributed by atoms with Crippen molar-refractivity contribution in [2.45, 2.75) is 18.0 Å². The van der Waals surface area contributed by atoms with Crippen LogP contribution < -0.4 is 0 Å². The molecule has 0 saturated carbocycles. The third-order valence-electron chi connectivity index (χ3n) is 2.13. The number of methoxy groups -OCH3 is 1. The molecule has 0 saturated heterocycles. The first-order chi connectivity index (χ1) is 7.84. The number of hydrogen-bond acceptors (Lipinski definition) is 2. The first kappa shape index (κ1) is 13.8. The second kappa shape index (κ2) is 5.40. The molecule has 0 aliphatic heterocycles. The molecule has 1 aromatic carbocycles. The van der Waals surface area contributed by atoms with E-state index < -0.39 is 23.1 Å². The summed E-state index contributed by atoms with van der Waals surface area (Å²) in [6.07, 6.45) is -4.40. The fourth-order valence-corrected chi connectivity index (χ4v) is 1.56. The number of ether oxygens (including phenoxy) is 1. The van der Waals surface area contributed by atoms with Crippen LogP contribution in [0.1, 0.15) is 11.1 Å². The highest BCUT2D eigenvalue weighted by molar-refractivity contribution is 6.30. The number of halogens is 4. The van der Waals surface area contributed by atoms with Crippen molar-refractivity contribution in [2.24, 2.45) is 0 Å². The van der Waals surface area contributed by atoms with E-state index in [0.717, 1.165) is 12.1 Å². The number of carbonyl (C=O) groups is 1. The molecule has 0 aromatic heterocycles. The second-order valence-corrected chi connectivity index (χ2v) is 3.92. The van der Waals surface area contributed by atoms with Crippen molar-refractivity contribution in [2.75, 3.05) is 7.11 Å². The Morgan fingerprint density at radius 1 is 1.47 bits per heavy atom. The Balaban J connectivity index is 2.83. The van der Waals surface area contributed by atoms with Gasteiger partial charge in [-0.15, -0.1) is 11.6 Å². The highest BCUT2D eigenvalue weighted by Crippen LogP contribution is 2.29. The Hall–Kier alpha value is -1.23. The van der Waals surface area contributed by atoms with Gasteiger partial charge < -0.3 is 4.74 Å². The van der Waals surface area contributed by atoms with Gasteiger partial charge in [0.15, 0.2) is 0 Å². The summed E-state index contributed by atoms with van der Waals surface area (Å²) in [6, 6.07) is 4.69. The van der Waals surface area contributed by atoms with E-state index in [1.807, 2.05) is 0 Å². The fraction of sp³-hybridized carbons (Fsp3) is 0.364. The quantitative estimate of drug-likeness (QED) is 0.621. The Bertz CT molecular complexity index is 404. The summed E-state index contributed by atoms with van der Waals surface area (Å²) in [4.78, 5) is 11.0. The van der Waals surface area contributed by atoms with Gasteiger partial charge in [-0.1, -0.05) is 18.2 Å². The van der Waals surface area contributed by atoms with Gasteiger partial charge in [0.2, 0.25) is 0 Å². The number of hydrogen-bond donors (Lipinski definition) is 0. The predicted molar refractivity (Wildman–Crippen MR) is 56.8 cm³/mol. The first-order valence-corrected chi connectivity index (χ1v) is 5.16. The maximum absolute atomic E-state index is 12.4. The minimum absolute atomic E-state index is 0.00184. The van der Waals surface area contributed by atoms with Crippen LogP contribution in [0.3, 0.4) is 0 Å². The van der Waals surface area contributed by atoms with Gasteiger partial charge in [0.05, 0.1) is 12.7 Å². The minimum Gasteiger partial charge on any atom is -0.468 e. The third-order valence-corrected chi connectivity index (χ3v) is 2.46. The smallest absolute Gasteiger partial charge is 0.416 e. The molecule has 1 aromatic rings. The first-order valence-electron chi connectivity index (χ1n) is 4.72. The number of rotatable bonds is 3. The number of carbonyl (C=O) groups excluding carboxylic acids is 1. The Labute approximate surface area is 101 Å². The zero-order valence-corrected chi connectivity index (χ0v) is 9.68. The molecular formula is C11H10ClF3O2. The third kappa shape index (κ3) is 3.93. The van der Waals surface area contributed by atoms with Crippen molar-refractivity contribution in [1.29, 1.82) is 0 Å². The van der Waals surface area contributed by atoms with Crippen LogP contribution >= 0.6 is 11.6 Å². The summed E-state index contributed by atoms with van der Waals surface area (Å²) in [7, 11) is 1.17. The molecule has 94 valence electrons. The highest BCUT2D eigenvalue weighted by Gasteiger charge is 2.30. The summed E-state index contributed by atoms with van der Waals surface area (Å²) < 4.78 is 41.6. The summed E-state index contributed by atoms with van der Waals surface area (Å²) in [5.74, 6) is -0.663. The van der Waals surface area contributed by atoms with E-state index in [9.17, 15) is 18.0 Å². The monoisotopic (exact) mass is 266 g/mol. The molecule has 6 heteroatoms. The zero-order valence-electron chi connectivity index (χ0n) is 8.92. The Morgan fingerprint density at radius 2 is 2.12 bits per heavy atom. The van der Waals surface area contributed by atoms with Crippen molar-refractivity contribution in [3.05, 3.63) is 35.4 Å². The number of benzene rings is 1. The van der Waals surface area contributed by atoms with E-state index in [4.69, 9.17) is 11.6 Å².